The number of amides is 1. The predicted molar refractivity (Wildman–Crippen MR) is 88.4 cm³/mol. The Hall–Kier alpha value is -1.85. The molecule has 1 unspecified atom stereocenters. The Morgan fingerprint density at radius 1 is 1.30 bits per heavy atom. The first-order chi connectivity index (χ1) is 11.1. The standard InChI is InChI=1S/C17H26N4O2/c1-12(2)23-16-10-18-9-15(20-16)19-14-7-8-21(11-14)17(22)13-5-3-4-6-13/h9-10,12-14H,3-8,11H2,1-2H3,(H,19,20). The summed E-state index contributed by atoms with van der Waals surface area (Å²) in [4.78, 5) is 23.1. The zero-order valence-electron chi connectivity index (χ0n) is 14.0. The molecule has 1 N–H and O–H groups in total. The molecule has 0 spiro atoms. The zero-order valence-corrected chi connectivity index (χ0v) is 14.0. The van der Waals surface area contributed by atoms with E-state index in [1.807, 2.05) is 18.7 Å². The molecule has 1 saturated carbocycles. The van der Waals surface area contributed by atoms with Crippen molar-refractivity contribution in [2.45, 2.75) is 58.1 Å². The highest BCUT2D eigenvalue weighted by Gasteiger charge is 2.32. The number of carbonyl (C=O) groups is 1. The number of rotatable bonds is 5. The molecular weight excluding hydrogens is 292 g/mol. The first kappa shape index (κ1) is 16.0. The van der Waals surface area contributed by atoms with E-state index in [1.54, 1.807) is 12.4 Å². The van der Waals surface area contributed by atoms with E-state index in [9.17, 15) is 4.79 Å². The number of anilines is 1. The molecule has 1 aromatic heterocycles. The van der Waals surface area contributed by atoms with E-state index in [4.69, 9.17) is 4.74 Å². The van der Waals surface area contributed by atoms with E-state index in [-0.39, 0.29) is 18.1 Å². The molecule has 1 aliphatic carbocycles. The molecule has 3 rings (SSSR count). The molecule has 2 heterocycles. The Morgan fingerprint density at radius 2 is 2.09 bits per heavy atom. The highest BCUT2D eigenvalue weighted by atomic mass is 16.5. The van der Waals surface area contributed by atoms with Crippen molar-refractivity contribution >= 4 is 11.7 Å². The number of hydrogen-bond donors (Lipinski definition) is 1. The van der Waals surface area contributed by atoms with Crippen LogP contribution < -0.4 is 10.1 Å². The average molecular weight is 318 g/mol. The SMILES string of the molecule is CC(C)Oc1cncc(NC2CCN(C(=O)C3CCCC3)C2)n1. The van der Waals surface area contributed by atoms with E-state index in [1.165, 1.54) is 12.8 Å². The van der Waals surface area contributed by atoms with Gasteiger partial charge in [0, 0.05) is 25.0 Å². The van der Waals surface area contributed by atoms with E-state index in [2.05, 4.69) is 15.3 Å². The van der Waals surface area contributed by atoms with Crippen molar-refractivity contribution in [2.24, 2.45) is 5.92 Å². The van der Waals surface area contributed by atoms with Gasteiger partial charge in [-0.25, -0.2) is 0 Å². The predicted octanol–water partition coefficient (Wildman–Crippen LogP) is 2.47. The molecule has 2 aliphatic rings. The summed E-state index contributed by atoms with van der Waals surface area (Å²) < 4.78 is 5.57. The summed E-state index contributed by atoms with van der Waals surface area (Å²) in [5.41, 5.74) is 0. The molecule has 1 atom stereocenters. The summed E-state index contributed by atoms with van der Waals surface area (Å²) in [7, 11) is 0. The van der Waals surface area contributed by atoms with Crippen LogP contribution in [0.1, 0.15) is 46.0 Å². The quantitative estimate of drug-likeness (QED) is 0.903. The van der Waals surface area contributed by atoms with Crippen LogP contribution in [0.2, 0.25) is 0 Å². The molecule has 23 heavy (non-hydrogen) atoms. The highest BCUT2D eigenvalue weighted by molar-refractivity contribution is 5.79. The van der Waals surface area contributed by atoms with Crippen LogP contribution in [0.4, 0.5) is 5.82 Å². The Labute approximate surface area is 137 Å². The fourth-order valence-corrected chi connectivity index (χ4v) is 3.43. The Morgan fingerprint density at radius 3 is 2.83 bits per heavy atom. The minimum atomic E-state index is 0.0746. The minimum Gasteiger partial charge on any atom is -0.474 e. The van der Waals surface area contributed by atoms with Crippen molar-refractivity contribution in [3.05, 3.63) is 12.4 Å². The average Bonchev–Trinajstić information content (AvgIpc) is 3.17. The van der Waals surface area contributed by atoms with Gasteiger partial charge in [0.25, 0.3) is 0 Å². The molecule has 1 aliphatic heterocycles. The van der Waals surface area contributed by atoms with Crippen LogP contribution in [-0.2, 0) is 4.79 Å². The van der Waals surface area contributed by atoms with Crippen molar-refractivity contribution in [1.29, 1.82) is 0 Å². The lowest BCUT2D eigenvalue weighted by atomic mass is 10.1. The van der Waals surface area contributed by atoms with Gasteiger partial charge in [-0.15, -0.1) is 0 Å². The monoisotopic (exact) mass is 318 g/mol. The third kappa shape index (κ3) is 4.12. The summed E-state index contributed by atoms with van der Waals surface area (Å²) in [5.74, 6) is 1.84. The second-order valence-corrected chi connectivity index (χ2v) is 6.80. The molecule has 2 fully saturated rings. The summed E-state index contributed by atoms with van der Waals surface area (Å²) in [6.07, 6.45) is 8.88. The molecule has 6 heteroatoms. The van der Waals surface area contributed by atoms with Gasteiger partial charge in [0.05, 0.1) is 18.5 Å². The molecule has 0 aromatic carbocycles. The molecule has 0 bridgehead atoms. The lowest BCUT2D eigenvalue weighted by molar-refractivity contribution is -0.134. The minimum absolute atomic E-state index is 0.0746. The fraction of sp³-hybridized carbons (Fsp3) is 0.706. The van der Waals surface area contributed by atoms with Gasteiger partial charge in [0.15, 0.2) is 0 Å². The molecular formula is C17H26N4O2. The summed E-state index contributed by atoms with van der Waals surface area (Å²) in [5, 5.41) is 3.38. The molecule has 1 amide bonds. The number of nitrogens with zero attached hydrogens (tertiary/aromatic N) is 3. The van der Waals surface area contributed by atoms with Crippen molar-refractivity contribution in [3.8, 4) is 5.88 Å². The Kier molecular flexibility index (Phi) is 4.98. The molecule has 6 nitrogen and oxygen atoms in total. The maximum absolute atomic E-state index is 12.5. The second kappa shape index (κ2) is 7.15. The van der Waals surface area contributed by atoms with Gasteiger partial charge >= 0.3 is 0 Å². The Balaban J connectivity index is 1.54. The van der Waals surface area contributed by atoms with Crippen LogP contribution in [0, 0.1) is 5.92 Å². The van der Waals surface area contributed by atoms with Crippen molar-refractivity contribution in [3.63, 3.8) is 0 Å². The maximum Gasteiger partial charge on any atom is 0.234 e. The van der Waals surface area contributed by atoms with Gasteiger partial charge in [-0.3, -0.25) is 9.78 Å². The second-order valence-electron chi connectivity index (χ2n) is 6.80. The number of likely N-dealkylation sites (tertiary alicyclic amines) is 1. The zero-order chi connectivity index (χ0) is 16.2. The van der Waals surface area contributed by atoms with Crippen molar-refractivity contribution in [2.75, 3.05) is 18.4 Å². The molecule has 0 radical (unpaired) electrons. The number of hydrogen-bond acceptors (Lipinski definition) is 5. The molecule has 126 valence electrons. The lowest BCUT2D eigenvalue weighted by Gasteiger charge is -2.21. The normalized spacial score (nSPS) is 21.9. The van der Waals surface area contributed by atoms with Crippen molar-refractivity contribution in [1.82, 2.24) is 14.9 Å². The van der Waals surface area contributed by atoms with E-state index in [0.29, 0.717) is 17.6 Å². The van der Waals surface area contributed by atoms with Gasteiger partial charge in [0.2, 0.25) is 11.8 Å². The van der Waals surface area contributed by atoms with E-state index >= 15 is 0 Å². The third-order valence-corrected chi connectivity index (χ3v) is 4.53. The first-order valence-electron chi connectivity index (χ1n) is 8.66. The summed E-state index contributed by atoms with van der Waals surface area (Å²) >= 11 is 0. The molecule has 1 saturated heterocycles. The van der Waals surface area contributed by atoms with Crippen LogP contribution in [-0.4, -0.2) is 46.0 Å². The van der Waals surface area contributed by atoms with Crippen LogP contribution >= 0.6 is 0 Å². The number of nitrogens with one attached hydrogen (secondary N) is 1. The van der Waals surface area contributed by atoms with Crippen LogP contribution in [0.3, 0.4) is 0 Å². The number of ether oxygens (including phenoxy) is 1. The fourth-order valence-electron chi connectivity index (χ4n) is 3.43. The van der Waals surface area contributed by atoms with Gasteiger partial charge in [-0.2, -0.15) is 4.98 Å². The molecule has 1 aromatic rings. The first-order valence-corrected chi connectivity index (χ1v) is 8.66. The van der Waals surface area contributed by atoms with Gasteiger partial charge in [-0.1, -0.05) is 12.8 Å². The van der Waals surface area contributed by atoms with Gasteiger partial charge in [-0.05, 0) is 33.1 Å². The largest absolute Gasteiger partial charge is 0.474 e. The smallest absolute Gasteiger partial charge is 0.234 e. The maximum atomic E-state index is 12.5. The van der Waals surface area contributed by atoms with E-state index < -0.39 is 0 Å². The van der Waals surface area contributed by atoms with Crippen molar-refractivity contribution < 1.29 is 9.53 Å². The number of carbonyl (C=O) groups excluding carboxylic acids is 1. The van der Waals surface area contributed by atoms with E-state index in [0.717, 1.165) is 32.4 Å². The van der Waals surface area contributed by atoms with Crippen LogP contribution in [0.15, 0.2) is 12.4 Å². The third-order valence-electron chi connectivity index (χ3n) is 4.53. The van der Waals surface area contributed by atoms with Gasteiger partial charge in [0.1, 0.15) is 5.82 Å². The Bertz CT molecular complexity index is 543. The summed E-state index contributed by atoms with van der Waals surface area (Å²) in [6.45, 7) is 5.52. The summed E-state index contributed by atoms with van der Waals surface area (Å²) in [6, 6.07) is 0.240. The number of aromatic nitrogens is 2. The van der Waals surface area contributed by atoms with Crippen LogP contribution in [0.5, 0.6) is 5.88 Å². The highest BCUT2D eigenvalue weighted by Crippen LogP contribution is 2.28. The topological polar surface area (TPSA) is 67.3 Å². The lowest BCUT2D eigenvalue weighted by Crippen LogP contribution is -2.35. The van der Waals surface area contributed by atoms with Gasteiger partial charge < -0.3 is 15.0 Å². The van der Waals surface area contributed by atoms with Crippen LogP contribution in [0.25, 0.3) is 0 Å².